The summed E-state index contributed by atoms with van der Waals surface area (Å²) >= 11 is 0. The zero-order chi connectivity index (χ0) is 19.3. The molecule has 2 amide bonds. The van der Waals surface area contributed by atoms with Gasteiger partial charge in [-0.2, -0.15) is 0 Å². The Morgan fingerprint density at radius 3 is 2.54 bits per heavy atom. The largest absolute Gasteiger partial charge is 0.495 e. The van der Waals surface area contributed by atoms with Gasteiger partial charge in [-0.1, -0.05) is 13.8 Å². The van der Waals surface area contributed by atoms with Crippen LogP contribution < -0.4 is 15.4 Å². The Balaban J connectivity index is 2.27. The van der Waals surface area contributed by atoms with Crippen LogP contribution in [-0.4, -0.2) is 35.2 Å². The number of nitrogens with one attached hydrogen (secondary N) is 2. The molecule has 0 saturated carbocycles. The lowest BCUT2D eigenvalue weighted by atomic mass is 10.0. The summed E-state index contributed by atoms with van der Waals surface area (Å²) < 4.78 is 10.7. The first-order valence-electron chi connectivity index (χ1n) is 8.36. The fraction of sp³-hybridized carbons (Fsp3) is 0.444. The van der Waals surface area contributed by atoms with Crippen molar-refractivity contribution in [3.63, 3.8) is 0 Å². The number of benzene rings is 1. The molecule has 2 rings (SSSR count). The topological polar surface area (TPSA) is 106 Å². The van der Waals surface area contributed by atoms with Gasteiger partial charge in [0.2, 0.25) is 23.6 Å². The van der Waals surface area contributed by atoms with Crippen molar-refractivity contribution in [3.05, 3.63) is 24.1 Å². The Kier molecular flexibility index (Phi) is 6.32. The van der Waals surface area contributed by atoms with Gasteiger partial charge in [0.15, 0.2) is 0 Å². The van der Waals surface area contributed by atoms with Crippen LogP contribution in [0.25, 0.3) is 11.5 Å². The normalized spacial score (nSPS) is 11.9. The minimum atomic E-state index is -0.633. The van der Waals surface area contributed by atoms with E-state index in [0.717, 1.165) is 0 Å². The van der Waals surface area contributed by atoms with Crippen molar-refractivity contribution in [2.75, 3.05) is 12.4 Å². The number of ether oxygens (including phenoxy) is 1. The summed E-state index contributed by atoms with van der Waals surface area (Å²) in [6, 6.07) is 4.54. The van der Waals surface area contributed by atoms with E-state index in [1.807, 2.05) is 13.8 Å². The fourth-order valence-corrected chi connectivity index (χ4v) is 2.52. The molecule has 0 aliphatic rings. The molecule has 1 atom stereocenters. The first-order valence-corrected chi connectivity index (χ1v) is 8.36. The number of anilines is 1. The fourth-order valence-electron chi connectivity index (χ4n) is 2.52. The van der Waals surface area contributed by atoms with Gasteiger partial charge in [0.25, 0.3) is 0 Å². The molecule has 0 spiro atoms. The van der Waals surface area contributed by atoms with E-state index < -0.39 is 6.04 Å². The number of aryl methyl sites for hydroxylation is 1. The maximum absolute atomic E-state index is 12.7. The van der Waals surface area contributed by atoms with Gasteiger partial charge in [0.1, 0.15) is 11.8 Å². The summed E-state index contributed by atoms with van der Waals surface area (Å²) in [5.41, 5.74) is 1.12. The molecule has 0 saturated heterocycles. The van der Waals surface area contributed by atoms with E-state index in [4.69, 9.17) is 9.15 Å². The van der Waals surface area contributed by atoms with Crippen molar-refractivity contribution in [3.8, 4) is 17.2 Å². The Hall–Kier alpha value is -2.90. The van der Waals surface area contributed by atoms with Crippen LogP contribution in [-0.2, 0) is 9.59 Å². The average Bonchev–Trinajstić information content (AvgIpc) is 2.99. The quantitative estimate of drug-likeness (QED) is 0.786. The van der Waals surface area contributed by atoms with E-state index in [0.29, 0.717) is 35.2 Å². The number of aromatic nitrogens is 2. The highest BCUT2D eigenvalue weighted by Crippen LogP contribution is 2.30. The molecule has 140 valence electrons. The predicted octanol–water partition coefficient (Wildman–Crippen LogP) is 2.54. The summed E-state index contributed by atoms with van der Waals surface area (Å²) in [5.74, 6) is 0.959. The van der Waals surface area contributed by atoms with Gasteiger partial charge in [-0.05, 0) is 30.5 Å². The Morgan fingerprint density at radius 1 is 1.27 bits per heavy atom. The maximum atomic E-state index is 12.7. The summed E-state index contributed by atoms with van der Waals surface area (Å²) in [7, 11) is 1.51. The van der Waals surface area contributed by atoms with Gasteiger partial charge in [-0.25, -0.2) is 0 Å². The van der Waals surface area contributed by atoms with Crippen molar-refractivity contribution in [2.45, 2.75) is 40.2 Å². The van der Waals surface area contributed by atoms with Gasteiger partial charge in [-0.3, -0.25) is 9.59 Å². The molecule has 26 heavy (non-hydrogen) atoms. The second kappa shape index (κ2) is 8.46. The zero-order valence-electron chi connectivity index (χ0n) is 15.6. The van der Waals surface area contributed by atoms with E-state index in [2.05, 4.69) is 20.8 Å². The van der Waals surface area contributed by atoms with Gasteiger partial charge in [0, 0.05) is 19.4 Å². The number of carbonyl (C=O) groups is 2. The summed E-state index contributed by atoms with van der Waals surface area (Å²) in [6.07, 6.45) is 0.524. The molecular weight excluding hydrogens is 336 g/mol. The molecule has 8 heteroatoms. The van der Waals surface area contributed by atoms with Crippen molar-refractivity contribution in [1.29, 1.82) is 0 Å². The second-order valence-corrected chi connectivity index (χ2v) is 6.41. The van der Waals surface area contributed by atoms with Crippen molar-refractivity contribution >= 4 is 17.5 Å². The van der Waals surface area contributed by atoms with E-state index in [1.165, 1.54) is 14.0 Å². The Morgan fingerprint density at radius 2 is 2.00 bits per heavy atom. The lowest BCUT2D eigenvalue weighted by Gasteiger charge is -2.20. The predicted molar refractivity (Wildman–Crippen MR) is 96.7 cm³/mol. The van der Waals surface area contributed by atoms with Crippen LogP contribution in [0.3, 0.4) is 0 Å². The van der Waals surface area contributed by atoms with Crippen molar-refractivity contribution in [2.24, 2.45) is 5.92 Å². The SMILES string of the molecule is COc1ccc(-c2nnc(C)o2)cc1NC(=O)[C@H](CC(C)C)NC(C)=O. The monoisotopic (exact) mass is 360 g/mol. The van der Waals surface area contributed by atoms with Crippen LogP contribution in [0.4, 0.5) is 5.69 Å². The highest BCUT2D eigenvalue weighted by molar-refractivity contribution is 5.98. The standard InChI is InChI=1S/C18H24N4O4/c1-10(2)8-15(19-11(3)23)17(24)20-14-9-13(6-7-16(14)25-5)18-22-21-12(4)26-18/h6-7,9-10,15H,8H2,1-5H3,(H,19,23)(H,20,24)/t15-/m0/s1. The number of nitrogens with zero attached hydrogens (tertiary/aromatic N) is 2. The molecule has 1 aromatic heterocycles. The molecule has 0 bridgehead atoms. The highest BCUT2D eigenvalue weighted by atomic mass is 16.5. The Labute approximate surface area is 152 Å². The van der Waals surface area contributed by atoms with Gasteiger partial charge < -0.3 is 19.8 Å². The number of amides is 2. The van der Waals surface area contributed by atoms with Crippen LogP contribution in [0.2, 0.25) is 0 Å². The average molecular weight is 360 g/mol. The number of carbonyl (C=O) groups excluding carboxylic acids is 2. The lowest BCUT2D eigenvalue weighted by Crippen LogP contribution is -2.43. The smallest absolute Gasteiger partial charge is 0.247 e. The van der Waals surface area contributed by atoms with E-state index >= 15 is 0 Å². The Bertz CT molecular complexity index is 785. The molecule has 1 heterocycles. The van der Waals surface area contributed by atoms with Gasteiger partial charge in [-0.15, -0.1) is 10.2 Å². The molecule has 1 aromatic carbocycles. The first kappa shape index (κ1) is 19.4. The zero-order valence-corrected chi connectivity index (χ0v) is 15.6. The van der Waals surface area contributed by atoms with Crippen LogP contribution in [0.1, 0.15) is 33.1 Å². The highest BCUT2D eigenvalue weighted by Gasteiger charge is 2.22. The van der Waals surface area contributed by atoms with Gasteiger partial charge in [0.05, 0.1) is 12.8 Å². The molecule has 0 unspecified atom stereocenters. The third kappa shape index (κ3) is 5.05. The molecule has 2 N–H and O–H groups in total. The summed E-state index contributed by atoms with van der Waals surface area (Å²) in [4.78, 5) is 24.1. The van der Waals surface area contributed by atoms with E-state index in [1.54, 1.807) is 25.1 Å². The molecule has 8 nitrogen and oxygen atoms in total. The number of methoxy groups -OCH3 is 1. The molecule has 0 fully saturated rings. The third-order valence-corrected chi connectivity index (χ3v) is 3.63. The number of rotatable bonds is 7. The minimum Gasteiger partial charge on any atom is -0.495 e. The third-order valence-electron chi connectivity index (χ3n) is 3.63. The number of hydrogen-bond acceptors (Lipinski definition) is 6. The van der Waals surface area contributed by atoms with Gasteiger partial charge >= 0.3 is 0 Å². The lowest BCUT2D eigenvalue weighted by molar-refractivity contribution is -0.125. The summed E-state index contributed by atoms with van der Waals surface area (Å²) in [5, 5.41) is 13.3. The summed E-state index contributed by atoms with van der Waals surface area (Å²) in [6.45, 7) is 7.06. The second-order valence-electron chi connectivity index (χ2n) is 6.41. The van der Waals surface area contributed by atoms with Crippen molar-refractivity contribution in [1.82, 2.24) is 15.5 Å². The molecule has 0 aliphatic heterocycles. The van der Waals surface area contributed by atoms with Crippen LogP contribution in [0.15, 0.2) is 22.6 Å². The molecule has 2 aromatic rings. The van der Waals surface area contributed by atoms with E-state index in [9.17, 15) is 9.59 Å². The van der Waals surface area contributed by atoms with Crippen LogP contribution in [0.5, 0.6) is 5.75 Å². The first-order chi connectivity index (χ1) is 12.3. The van der Waals surface area contributed by atoms with Crippen LogP contribution >= 0.6 is 0 Å². The van der Waals surface area contributed by atoms with Crippen molar-refractivity contribution < 1.29 is 18.7 Å². The van der Waals surface area contributed by atoms with E-state index in [-0.39, 0.29) is 17.7 Å². The minimum absolute atomic E-state index is 0.243. The molecule has 0 aliphatic carbocycles. The molecule has 0 radical (unpaired) electrons. The van der Waals surface area contributed by atoms with Crippen LogP contribution in [0, 0.1) is 12.8 Å². The molecular formula is C18H24N4O4. The number of hydrogen-bond donors (Lipinski definition) is 2. The maximum Gasteiger partial charge on any atom is 0.247 e.